The molecule has 2 aliphatic rings. The van der Waals surface area contributed by atoms with Crippen LogP contribution in [0, 0.1) is 17.8 Å². The van der Waals surface area contributed by atoms with Crippen molar-refractivity contribution in [1.29, 1.82) is 0 Å². The molecule has 2 fully saturated rings. The minimum atomic E-state index is -0.476. The highest BCUT2D eigenvalue weighted by molar-refractivity contribution is 5.85. The Morgan fingerprint density at radius 1 is 1.20 bits per heavy atom. The number of nitrogens with one attached hydrogen (secondary N) is 1. The summed E-state index contributed by atoms with van der Waals surface area (Å²) >= 11 is 0. The molecule has 2 rings (SSSR count). The molecule has 15 heavy (non-hydrogen) atoms. The Bertz CT molecular complexity index is 180. The van der Waals surface area contributed by atoms with Gasteiger partial charge >= 0.3 is 0 Å². The largest absolute Gasteiger partial charge is 0.390 e. The van der Waals surface area contributed by atoms with E-state index in [1.807, 2.05) is 13.8 Å². The molecule has 3 heteroatoms. The van der Waals surface area contributed by atoms with E-state index in [1.165, 1.54) is 32.4 Å². The van der Waals surface area contributed by atoms with E-state index in [0.29, 0.717) is 0 Å². The Balaban J connectivity index is 0.00000112. The highest BCUT2D eigenvalue weighted by atomic mass is 35.5. The molecule has 2 nitrogen and oxygen atoms in total. The molecule has 0 amide bonds. The van der Waals surface area contributed by atoms with Crippen LogP contribution < -0.4 is 5.32 Å². The van der Waals surface area contributed by atoms with Gasteiger partial charge in [0, 0.05) is 0 Å². The molecule has 90 valence electrons. The van der Waals surface area contributed by atoms with Crippen molar-refractivity contribution in [3.63, 3.8) is 0 Å². The third-order valence-corrected chi connectivity index (χ3v) is 3.91. The lowest BCUT2D eigenvalue weighted by molar-refractivity contribution is 0.000762. The lowest BCUT2D eigenvalue weighted by Crippen LogP contribution is -2.48. The predicted octanol–water partition coefficient (Wildman–Crippen LogP) is 2.20. The van der Waals surface area contributed by atoms with Crippen LogP contribution in [0.15, 0.2) is 0 Å². The summed E-state index contributed by atoms with van der Waals surface area (Å²) in [5.41, 5.74) is -0.476. The maximum Gasteiger partial charge on any atom is 0.0594 e. The fraction of sp³-hybridized carbons (Fsp3) is 1.00. The van der Waals surface area contributed by atoms with Crippen molar-refractivity contribution >= 4 is 12.4 Å². The summed E-state index contributed by atoms with van der Waals surface area (Å²) in [6.45, 7) is 6.25. The quantitative estimate of drug-likeness (QED) is 0.767. The fourth-order valence-electron chi connectivity index (χ4n) is 3.33. The molecule has 2 atom stereocenters. The van der Waals surface area contributed by atoms with Crippen LogP contribution in [0.2, 0.25) is 0 Å². The van der Waals surface area contributed by atoms with Crippen LogP contribution in [-0.2, 0) is 0 Å². The van der Waals surface area contributed by atoms with E-state index in [9.17, 15) is 5.11 Å². The van der Waals surface area contributed by atoms with Crippen molar-refractivity contribution in [2.24, 2.45) is 17.8 Å². The van der Waals surface area contributed by atoms with Gasteiger partial charge in [-0.25, -0.2) is 0 Å². The van der Waals surface area contributed by atoms with Crippen LogP contribution in [0.4, 0.5) is 0 Å². The van der Waals surface area contributed by atoms with Gasteiger partial charge in [-0.05, 0) is 64.0 Å². The van der Waals surface area contributed by atoms with Crippen LogP contribution in [0.5, 0.6) is 0 Å². The first-order valence-electron chi connectivity index (χ1n) is 5.99. The molecule has 0 aromatic carbocycles. The lowest BCUT2D eigenvalue weighted by Gasteiger charge is -2.45. The van der Waals surface area contributed by atoms with Gasteiger partial charge in [0.15, 0.2) is 0 Å². The van der Waals surface area contributed by atoms with E-state index in [2.05, 4.69) is 5.32 Å². The van der Waals surface area contributed by atoms with Gasteiger partial charge in [0.1, 0.15) is 0 Å². The predicted molar refractivity (Wildman–Crippen MR) is 65.4 cm³/mol. The summed E-state index contributed by atoms with van der Waals surface area (Å²) in [5.74, 6) is 2.42. The Hall–Kier alpha value is 0.210. The van der Waals surface area contributed by atoms with Crippen LogP contribution >= 0.6 is 12.4 Å². The minimum Gasteiger partial charge on any atom is -0.390 e. The first-order valence-corrected chi connectivity index (χ1v) is 5.99. The van der Waals surface area contributed by atoms with Crippen molar-refractivity contribution in [1.82, 2.24) is 5.32 Å². The zero-order valence-corrected chi connectivity index (χ0v) is 10.6. The Morgan fingerprint density at radius 2 is 1.73 bits per heavy atom. The van der Waals surface area contributed by atoms with Crippen molar-refractivity contribution in [2.45, 2.75) is 45.1 Å². The van der Waals surface area contributed by atoms with E-state index in [-0.39, 0.29) is 12.4 Å². The zero-order valence-electron chi connectivity index (χ0n) is 9.83. The number of halogens is 1. The number of aliphatic hydroxyl groups is 1. The molecule has 1 aliphatic heterocycles. The van der Waals surface area contributed by atoms with Gasteiger partial charge in [-0.1, -0.05) is 6.42 Å². The summed E-state index contributed by atoms with van der Waals surface area (Å²) in [4.78, 5) is 0. The molecule has 1 saturated heterocycles. The molecule has 1 aliphatic carbocycles. The Kier molecular flexibility index (Phi) is 4.45. The minimum absolute atomic E-state index is 0. The van der Waals surface area contributed by atoms with E-state index >= 15 is 0 Å². The van der Waals surface area contributed by atoms with E-state index in [4.69, 9.17) is 0 Å². The Labute approximate surface area is 99.2 Å². The molecule has 1 saturated carbocycles. The summed E-state index contributed by atoms with van der Waals surface area (Å²) in [6, 6.07) is 0. The lowest BCUT2D eigenvalue weighted by atomic mass is 9.66. The number of rotatable bonds is 2. The van der Waals surface area contributed by atoms with Crippen molar-refractivity contribution in [2.75, 3.05) is 13.1 Å². The van der Waals surface area contributed by atoms with Gasteiger partial charge in [0.25, 0.3) is 0 Å². The molecule has 0 spiro atoms. The summed E-state index contributed by atoms with van der Waals surface area (Å²) in [7, 11) is 0. The van der Waals surface area contributed by atoms with Crippen molar-refractivity contribution in [3.05, 3.63) is 0 Å². The van der Waals surface area contributed by atoms with Crippen LogP contribution in [-0.4, -0.2) is 23.8 Å². The second-order valence-electron chi connectivity index (χ2n) is 5.79. The molecular formula is C12H24ClNO. The van der Waals surface area contributed by atoms with Crippen molar-refractivity contribution < 1.29 is 5.11 Å². The third kappa shape index (κ3) is 3.33. The van der Waals surface area contributed by atoms with E-state index < -0.39 is 5.60 Å². The topological polar surface area (TPSA) is 32.3 Å². The highest BCUT2D eigenvalue weighted by Crippen LogP contribution is 2.41. The molecule has 0 radical (unpaired) electrons. The van der Waals surface area contributed by atoms with E-state index in [1.54, 1.807) is 0 Å². The number of fused-ring (bicyclic) bond motifs is 2. The van der Waals surface area contributed by atoms with Gasteiger partial charge in [-0.2, -0.15) is 0 Å². The SMILES string of the molecule is CC(C)(O)CC1C2CCCC1CNC2.Cl. The average Bonchev–Trinajstić information content (AvgIpc) is 1.99. The van der Waals surface area contributed by atoms with Crippen LogP contribution in [0.1, 0.15) is 39.5 Å². The number of hydrogen-bond donors (Lipinski definition) is 2. The molecular weight excluding hydrogens is 210 g/mol. The summed E-state index contributed by atoms with van der Waals surface area (Å²) < 4.78 is 0. The summed E-state index contributed by atoms with van der Waals surface area (Å²) in [5, 5.41) is 13.4. The fourth-order valence-corrected chi connectivity index (χ4v) is 3.33. The normalized spacial score (nSPS) is 35.8. The standard InChI is InChI=1S/C12H23NO.ClH/c1-12(2,14)6-11-9-4-3-5-10(11)8-13-7-9;/h9-11,13-14H,3-8H2,1-2H3;1H. The van der Waals surface area contributed by atoms with Crippen molar-refractivity contribution in [3.8, 4) is 0 Å². The first kappa shape index (κ1) is 13.3. The third-order valence-electron chi connectivity index (χ3n) is 3.91. The first-order chi connectivity index (χ1) is 6.56. The van der Waals surface area contributed by atoms with Gasteiger partial charge in [-0.3, -0.25) is 0 Å². The number of piperidine rings is 1. The van der Waals surface area contributed by atoms with Gasteiger partial charge in [0.05, 0.1) is 5.60 Å². The Morgan fingerprint density at radius 3 is 2.20 bits per heavy atom. The monoisotopic (exact) mass is 233 g/mol. The van der Waals surface area contributed by atoms with Gasteiger partial charge in [-0.15, -0.1) is 12.4 Å². The molecule has 0 aromatic heterocycles. The summed E-state index contributed by atoms with van der Waals surface area (Å²) in [6.07, 6.45) is 5.12. The zero-order chi connectivity index (χ0) is 10.2. The molecule has 1 heterocycles. The molecule has 2 unspecified atom stereocenters. The van der Waals surface area contributed by atoms with Crippen LogP contribution in [0.25, 0.3) is 0 Å². The van der Waals surface area contributed by atoms with E-state index in [0.717, 1.165) is 24.2 Å². The van der Waals surface area contributed by atoms with Crippen LogP contribution in [0.3, 0.4) is 0 Å². The second kappa shape index (κ2) is 5.03. The molecule has 2 bridgehead atoms. The second-order valence-corrected chi connectivity index (χ2v) is 5.79. The molecule has 2 N–H and O–H groups in total. The van der Waals surface area contributed by atoms with Gasteiger partial charge < -0.3 is 10.4 Å². The maximum atomic E-state index is 9.90. The van der Waals surface area contributed by atoms with Gasteiger partial charge in [0.2, 0.25) is 0 Å². The maximum absolute atomic E-state index is 9.90. The molecule has 0 aromatic rings. The average molecular weight is 234 g/mol. The highest BCUT2D eigenvalue weighted by Gasteiger charge is 2.38. The number of hydrogen-bond acceptors (Lipinski definition) is 2. The smallest absolute Gasteiger partial charge is 0.0594 e.